The Bertz CT molecular complexity index is 106. The summed E-state index contributed by atoms with van der Waals surface area (Å²) in [6, 6.07) is 0. The van der Waals surface area contributed by atoms with Crippen molar-refractivity contribution in [3.05, 3.63) is 12.2 Å². The van der Waals surface area contributed by atoms with Crippen molar-refractivity contribution in [2.24, 2.45) is 0 Å². The molecule has 0 aliphatic heterocycles. The molecule has 0 saturated carbocycles. The summed E-state index contributed by atoms with van der Waals surface area (Å²) < 4.78 is 10.1. The number of methoxy groups -OCH3 is 2. The van der Waals surface area contributed by atoms with Gasteiger partial charge in [-0.1, -0.05) is 25.5 Å². The van der Waals surface area contributed by atoms with Gasteiger partial charge in [-0.05, 0) is 12.8 Å². The van der Waals surface area contributed by atoms with Crippen molar-refractivity contribution in [2.75, 3.05) is 14.2 Å². The number of rotatable bonds is 7. The van der Waals surface area contributed by atoms with Crippen LogP contribution in [0.2, 0.25) is 0 Å². The van der Waals surface area contributed by atoms with Crippen molar-refractivity contribution < 1.29 is 9.47 Å². The summed E-state index contributed by atoms with van der Waals surface area (Å²) in [5.41, 5.74) is 0. The average Bonchev–Trinajstić information content (AvgIpc) is 2.11. The predicted molar refractivity (Wildman–Crippen MR) is 51.1 cm³/mol. The lowest BCUT2D eigenvalue weighted by atomic mass is 10.2. The monoisotopic (exact) mass is 172 g/mol. The fraction of sp³-hybridized carbons (Fsp3) is 0.800. The molecule has 0 aliphatic rings. The van der Waals surface area contributed by atoms with E-state index in [4.69, 9.17) is 9.47 Å². The van der Waals surface area contributed by atoms with Gasteiger partial charge in [0.05, 0.1) is 0 Å². The Labute approximate surface area is 75.6 Å². The summed E-state index contributed by atoms with van der Waals surface area (Å²) in [5.74, 6) is 0. The molecular weight excluding hydrogens is 152 g/mol. The molecule has 0 aromatic rings. The van der Waals surface area contributed by atoms with Crippen LogP contribution in [0.4, 0.5) is 0 Å². The maximum absolute atomic E-state index is 5.05. The summed E-state index contributed by atoms with van der Waals surface area (Å²) in [6.45, 7) is 2.18. The van der Waals surface area contributed by atoms with Crippen molar-refractivity contribution in [1.82, 2.24) is 0 Å². The third kappa shape index (κ3) is 6.38. The normalized spacial score (nSPS) is 11.7. The second-order valence-corrected chi connectivity index (χ2v) is 2.74. The van der Waals surface area contributed by atoms with Crippen LogP contribution in [0.5, 0.6) is 0 Å². The molecular formula is C10H20O2. The van der Waals surface area contributed by atoms with Crippen LogP contribution in [-0.2, 0) is 9.47 Å². The first-order chi connectivity index (χ1) is 5.85. The zero-order valence-electron chi connectivity index (χ0n) is 8.38. The number of allylic oxidation sites excluding steroid dienone is 2. The van der Waals surface area contributed by atoms with Crippen LogP contribution in [0.3, 0.4) is 0 Å². The van der Waals surface area contributed by atoms with Gasteiger partial charge < -0.3 is 9.47 Å². The molecule has 0 bridgehead atoms. The zero-order chi connectivity index (χ0) is 9.23. The van der Waals surface area contributed by atoms with Crippen LogP contribution >= 0.6 is 0 Å². The van der Waals surface area contributed by atoms with E-state index in [1.54, 1.807) is 14.2 Å². The van der Waals surface area contributed by atoms with Crippen LogP contribution < -0.4 is 0 Å². The molecule has 0 amide bonds. The van der Waals surface area contributed by atoms with E-state index in [0.717, 1.165) is 12.8 Å². The number of ether oxygens (including phenoxy) is 2. The lowest BCUT2D eigenvalue weighted by molar-refractivity contribution is -0.105. The van der Waals surface area contributed by atoms with Crippen molar-refractivity contribution >= 4 is 0 Å². The molecule has 2 heteroatoms. The molecule has 0 aromatic heterocycles. The van der Waals surface area contributed by atoms with Gasteiger partial charge in [-0.25, -0.2) is 0 Å². The van der Waals surface area contributed by atoms with Crippen LogP contribution in [0.25, 0.3) is 0 Å². The summed E-state index contributed by atoms with van der Waals surface area (Å²) in [7, 11) is 3.34. The van der Waals surface area contributed by atoms with Gasteiger partial charge in [-0.3, -0.25) is 0 Å². The molecule has 0 radical (unpaired) electrons. The van der Waals surface area contributed by atoms with Gasteiger partial charge >= 0.3 is 0 Å². The lowest BCUT2D eigenvalue weighted by Gasteiger charge is -2.10. The van der Waals surface area contributed by atoms with Gasteiger partial charge in [0, 0.05) is 20.6 Å². The Morgan fingerprint density at radius 3 is 2.17 bits per heavy atom. The Hall–Kier alpha value is -0.340. The maximum atomic E-state index is 5.05. The van der Waals surface area contributed by atoms with E-state index in [2.05, 4.69) is 19.1 Å². The molecule has 72 valence electrons. The quantitative estimate of drug-likeness (QED) is 0.434. The van der Waals surface area contributed by atoms with E-state index in [1.807, 2.05) is 0 Å². The zero-order valence-corrected chi connectivity index (χ0v) is 8.38. The SMILES string of the molecule is CCC/C=C/CCC(OC)OC. The van der Waals surface area contributed by atoms with E-state index in [0.29, 0.717) is 0 Å². The van der Waals surface area contributed by atoms with Crippen LogP contribution in [0, 0.1) is 0 Å². The molecule has 0 atom stereocenters. The molecule has 0 heterocycles. The van der Waals surface area contributed by atoms with Gasteiger partial charge in [-0.2, -0.15) is 0 Å². The van der Waals surface area contributed by atoms with Crippen molar-refractivity contribution in [1.29, 1.82) is 0 Å². The number of hydrogen-bond donors (Lipinski definition) is 0. The standard InChI is InChI=1S/C10H20O2/c1-4-5-6-7-8-9-10(11-2)12-3/h6-7,10H,4-5,8-9H2,1-3H3/b7-6+. The fourth-order valence-electron chi connectivity index (χ4n) is 0.967. The van der Waals surface area contributed by atoms with E-state index >= 15 is 0 Å². The highest BCUT2D eigenvalue weighted by Crippen LogP contribution is 2.03. The molecule has 2 nitrogen and oxygen atoms in total. The first kappa shape index (κ1) is 11.7. The summed E-state index contributed by atoms with van der Waals surface area (Å²) in [5, 5.41) is 0. The third-order valence-electron chi connectivity index (χ3n) is 1.72. The molecule has 0 fully saturated rings. The molecule has 12 heavy (non-hydrogen) atoms. The first-order valence-electron chi connectivity index (χ1n) is 4.55. The van der Waals surface area contributed by atoms with Gasteiger partial charge in [-0.15, -0.1) is 0 Å². The molecule has 0 aliphatic carbocycles. The van der Waals surface area contributed by atoms with E-state index in [-0.39, 0.29) is 6.29 Å². The van der Waals surface area contributed by atoms with E-state index in [9.17, 15) is 0 Å². The van der Waals surface area contributed by atoms with E-state index < -0.39 is 0 Å². The number of unbranched alkanes of at least 4 members (excludes halogenated alkanes) is 1. The van der Waals surface area contributed by atoms with Crippen LogP contribution in [0.15, 0.2) is 12.2 Å². The minimum absolute atomic E-state index is 0.0451. The summed E-state index contributed by atoms with van der Waals surface area (Å²) >= 11 is 0. The fourth-order valence-corrected chi connectivity index (χ4v) is 0.967. The second-order valence-electron chi connectivity index (χ2n) is 2.74. The topological polar surface area (TPSA) is 18.5 Å². The highest BCUT2D eigenvalue weighted by Gasteiger charge is 2.01. The molecule has 0 saturated heterocycles. The van der Waals surface area contributed by atoms with Gasteiger partial charge in [0.25, 0.3) is 0 Å². The smallest absolute Gasteiger partial charge is 0.157 e. The molecule has 0 spiro atoms. The first-order valence-corrected chi connectivity index (χ1v) is 4.55. The summed E-state index contributed by atoms with van der Waals surface area (Å²) in [4.78, 5) is 0. The van der Waals surface area contributed by atoms with Gasteiger partial charge in [0.15, 0.2) is 6.29 Å². The molecule has 0 aromatic carbocycles. The largest absolute Gasteiger partial charge is 0.356 e. The maximum Gasteiger partial charge on any atom is 0.157 e. The third-order valence-corrected chi connectivity index (χ3v) is 1.72. The molecule has 0 rings (SSSR count). The predicted octanol–water partition coefficient (Wildman–Crippen LogP) is 2.74. The van der Waals surface area contributed by atoms with Crippen molar-refractivity contribution in [3.8, 4) is 0 Å². The second kappa shape index (κ2) is 8.75. The van der Waals surface area contributed by atoms with Gasteiger partial charge in [0.1, 0.15) is 0 Å². The van der Waals surface area contributed by atoms with E-state index in [1.165, 1.54) is 12.8 Å². The Morgan fingerprint density at radius 2 is 1.67 bits per heavy atom. The van der Waals surface area contributed by atoms with Crippen LogP contribution in [0.1, 0.15) is 32.6 Å². The lowest BCUT2D eigenvalue weighted by Crippen LogP contribution is -2.11. The Balaban J connectivity index is 3.27. The molecule has 0 N–H and O–H groups in total. The minimum Gasteiger partial charge on any atom is -0.356 e. The highest BCUT2D eigenvalue weighted by molar-refractivity contribution is 4.81. The van der Waals surface area contributed by atoms with Crippen molar-refractivity contribution in [2.45, 2.75) is 38.9 Å². The number of hydrogen-bond acceptors (Lipinski definition) is 2. The summed E-state index contributed by atoms with van der Waals surface area (Å²) in [6.07, 6.45) is 8.71. The Morgan fingerprint density at radius 1 is 1.08 bits per heavy atom. The molecule has 0 unspecified atom stereocenters. The minimum atomic E-state index is -0.0451. The average molecular weight is 172 g/mol. The van der Waals surface area contributed by atoms with Crippen LogP contribution in [-0.4, -0.2) is 20.5 Å². The van der Waals surface area contributed by atoms with Crippen molar-refractivity contribution in [3.63, 3.8) is 0 Å². The highest BCUT2D eigenvalue weighted by atomic mass is 16.7. The Kier molecular flexibility index (Phi) is 8.51. The van der Waals surface area contributed by atoms with Gasteiger partial charge in [0.2, 0.25) is 0 Å².